The number of hydrogen-bond donors (Lipinski definition) is 1. The molecule has 0 spiro atoms. The van der Waals surface area contributed by atoms with Crippen molar-refractivity contribution in [2.24, 2.45) is 0 Å². The van der Waals surface area contributed by atoms with Crippen molar-refractivity contribution in [2.45, 2.75) is 19.9 Å². The van der Waals surface area contributed by atoms with Crippen LogP contribution in [0.25, 0.3) is 0 Å². The molecule has 2 aromatic rings. The van der Waals surface area contributed by atoms with E-state index in [0.717, 1.165) is 16.9 Å². The fourth-order valence-electron chi connectivity index (χ4n) is 1.85. The summed E-state index contributed by atoms with van der Waals surface area (Å²) in [4.78, 5) is 4.26. The topological polar surface area (TPSA) is 57.9 Å². The van der Waals surface area contributed by atoms with Crippen LogP contribution in [0.5, 0.6) is 5.75 Å². The van der Waals surface area contributed by atoms with Gasteiger partial charge in [-0.05, 0) is 43.7 Å². The molecule has 4 heteroatoms. The number of ether oxygens (including phenoxy) is 1. The van der Waals surface area contributed by atoms with Gasteiger partial charge in [0.05, 0.1) is 11.9 Å². The van der Waals surface area contributed by atoms with Crippen molar-refractivity contribution in [3.63, 3.8) is 0 Å². The SMILES string of the molecule is Cc1ccc(NC(C)c2ccc(OCC#N)cc2)cn1. The summed E-state index contributed by atoms with van der Waals surface area (Å²) in [5.74, 6) is 0.708. The average Bonchev–Trinajstić information content (AvgIpc) is 2.48. The van der Waals surface area contributed by atoms with Gasteiger partial charge in [-0.1, -0.05) is 12.1 Å². The van der Waals surface area contributed by atoms with Crippen LogP contribution in [0.4, 0.5) is 5.69 Å². The number of aryl methyl sites for hydroxylation is 1. The largest absolute Gasteiger partial charge is 0.479 e. The number of pyridine rings is 1. The maximum atomic E-state index is 8.46. The second-order valence-corrected chi connectivity index (χ2v) is 4.57. The summed E-state index contributed by atoms with van der Waals surface area (Å²) in [6, 6.07) is 13.8. The van der Waals surface area contributed by atoms with Crippen molar-refractivity contribution in [3.8, 4) is 11.8 Å². The van der Waals surface area contributed by atoms with Gasteiger partial charge in [0, 0.05) is 11.7 Å². The average molecular weight is 267 g/mol. The summed E-state index contributed by atoms with van der Waals surface area (Å²) < 4.78 is 5.23. The zero-order valence-electron chi connectivity index (χ0n) is 11.6. The third kappa shape index (κ3) is 3.72. The van der Waals surface area contributed by atoms with E-state index in [1.54, 1.807) is 0 Å². The number of aromatic nitrogens is 1. The van der Waals surface area contributed by atoms with Gasteiger partial charge < -0.3 is 10.1 Å². The number of nitrogens with one attached hydrogen (secondary N) is 1. The molecule has 1 heterocycles. The molecule has 1 unspecified atom stereocenters. The lowest BCUT2D eigenvalue weighted by Gasteiger charge is -2.16. The normalized spacial score (nSPS) is 11.4. The lowest BCUT2D eigenvalue weighted by molar-refractivity contribution is 0.368. The Balaban J connectivity index is 2.00. The molecule has 2 rings (SSSR count). The van der Waals surface area contributed by atoms with Crippen molar-refractivity contribution in [2.75, 3.05) is 11.9 Å². The van der Waals surface area contributed by atoms with Crippen LogP contribution >= 0.6 is 0 Å². The Morgan fingerprint density at radius 1 is 1.25 bits per heavy atom. The Bertz CT molecular complexity index is 585. The molecular formula is C16H17N3O. The smallest absolute Gasteiger partial charge is 0.174 e. The van der Waals surface area contributed by atoms with Gasteiger partial charge in [-0.2, -0.15) is 5.26 Å². The Morgan fingerprint density at radius 3 is 2.60 bits per heavy atom. The van der Waals surface area contributed by atoms with Crippen molar-refractivity contribution < 1.29 is 4.74 Å². The first kappa shape index (κ1) is 13.9. The first-order valence-corrected chi connectivity index (χ1v) is 6.48. The van der Waals surface area contributed by atoms with Crippen LogP contribution < -0.4 is 10.1 Å². The highest BCUT2D eigenvalue weighted by Gasteiger charge is 2.05. The van der Waals surface area contributed by atoms with Gasteiger partial charge in [0.15, 0.2) is 6.61 Å². The second-order valence-electron chi connectivity index (χ2n) is 4.57. The van der Waals surface area contributed by atoms with Gasteiger partial charge in [-0.15, -0.1) is 0 Å². The summed E-state index contributed by atoms with van der Waals surface area (Å²) in [5.41, 5.74) is 3.14. The van der Waals surface area contributed by atoms with E-state index >= 15 is 0 Å². The van der Waals surface area contributed by atoms with Crippen LogP contribution in [0, 0.1) is 18.3 Å². The van der Waals surface area contributed by atoms with Gasteiger partial charge in [0.2, 0.25) is 0 Å². The van der Waals surface area contributed by atoms with Gasteiger partial charge in [0.25, 0.3) is 0 Å². The summed E-state index contributed by atoms with van der Waals surface area (Å²) in [5, 5.41) is 11.9. The lowest BCUT2D eigenvalue weighted by Crippen LogP contribution is -2.06. The highest BCUT2D eigenvalue weighted by molar-refractivity contribution is 5.44. The molecule has 0 saturated carbocycles. The molecule has 0 saturated heterocycles. The number of benzene rings is 1. The Hall–Kier alpha value is -2.54. The first-order chi connectivity index (χ1) is 9.69. The molecule has 0 bridgehead atoms. The predicted molar refractivity (Wildman–Crippen MR) is 78.6 cm³/mol. The molecular weight excluding hydrogens is 250 g/mol. The standard InChI is InChI=1S/C16H17N3O/c1-12-3-6-15(11-18-12)19-13(2)14-4-7-16(8-5-14)20-10-9-17/h3-8,11,13,19H,10H2,1-2H3. The molecule has 0 aliphatic rings. The van der Waals surface area contributed by atoms with E-state index in [2.05, 4.69) is 17.2 Å². The maximum absolute atomic E-state index is 8.46. The number of nitrogens with zero attached hydrogens (tertiary/aromatic N) is 2. The van der Waals surface area contributed by atoms with E-state index in [0.29, 0.717) is 5.75 Å². The molecule has 1 atom stereocenters. The molecule has 0 aliphatic heterocycles. The lowest BCUT2D eigenvalue weighted by atomic mass is 10.1. The van der Waals surface area contributed by atoms with Crippen LogP contribution in [0.1, 0.15) is 24.2 Å². The van der Waals surface area contributed by atoms with Gasteiger partial charge in [-0.3, -0.25) is 4.98 Å². The highest BCUT2D eigenvalue weighted by Crippen LogP contribution is 2.21. The number of rotatable bonds is 5. The minimum atomic E-state index is 0.0716. The summed E-state index contributed by atoms with van der Waals surface area (Å²) in [6.07, 6.45) is 1.83. The molecule has 0 fully saturated rings. The Kier molecular flexibility index (Phi) is 4.56. The predicted octanol–water partition coefficient (Wildman–Crippen LogP) is 3.47. The van der Waals surface area contributed by atoms with Crippen molar-refractivity contribution in [3.05, 3.63) is 53.9 Å². The van der Waals surface area contributed by atoms with Crippen LogP contribution in [0.3, 0.4) is 0 Å². The molecule has 0 aliphatic carbocycles. The molecule has 102 valence electrons. The van der Waals surface area contributed by atoms with E-state index in [9.17, 15) is 0 Å². The number of hydrogen-bond acceptors (Lipinski definition) is 4. The van der Waals surface area contributed by atoms with E-state index in [1.807, 2.05) is 55.6 Å². The fourth-order valence-corrected chi connectivity index (χ4v) is 1.85. The Morgan fingerprint density at radius 2 is 2.00 bits per heavy atom. The molecule has 20 heavy (non-hydrogen) atoms. The molecule has 1 N–H and O–H groups in total. The molecule has 1 aromatic carbocycles. The monoisotopic (exact) mass is 267 g/mol. The highest BCUT2D eigenvalue weighted by atomic mass is 16.5. The number of nitriles is 1. The van der Waals surface area contributed by atoms with E-state index in [4.69, 9.17) is 10.00 Å². The van der Waals surface area contributed by atoms with E-state index < -0.39 is 0 Å². The van der Waals surface area contributed by atoms with Gasteiger partial charge >= 0.3 is 0 Å². The molecule has 1 aromatic heterocycles. The third-order valence-electron chi connectivity index (χ3n) is 2.98. The fraction of sp³-hybridized carbons (Fsp3) is 0.250. The van der Waals surface area contributed by atoms with E-state index in [1.165, 1.54) is 0 Å². The second kappa shape index (κ2) is 6.58. The number of anilines is 1. The quantitative estimate of drug-likeness (QED) is 0.901. The summed E-state index contributed by atoms with van der Waals surface area (Å²) in [7, 11) is 0. The van der Waals surface area contributed by atoms with Crippen LogP contribution in [0.15, 0.2) is 42.6 Å². The van der Waals surface area contributed by atoms with Crippen LogP contribution in [0.2, 0.25) is 0 Å². The molecule has 4 nitrogen and oxygen atoms in total. The molecule has 0 radical (unpaired) electrons. The maximum Gasteiger partial charge on any atom is 0.174 e. The molecule has 0 amide bonds. The van der Waals surface area contributed by atoms with Crippen LogP contribution in [-0.2, 0) is 0 Å². The van der Waals surface area contributed by atoms with Crippen molar-refractivity contribution >= 4 is 5.69 Å². The zero-order chi connectivity index (χ0) is 14.4. The van der Waals surface area contributed by atoms with Crippen molar-refractivity contribution in [1.82, 2.24) is 4.98 Å². The van der Waals surface area contributed by atoms with Crippen LogP contribution in [-0.4, -0.2) is 11.6 Å². The first-order valence-electron chi connectivity index (χ1n) is 6.48. The van der Waals surface area contributed by atoms with E-state index in [-0.39, 0.29) is 12.6 Å². The summed E-state index contributed by atoms with van der Waals surface area (Å²) >= 11 is 0. The van der Waals surface area contributed by atoms with Crippen molar-refractivity contribution in [1.29, 1.82) is 5.26 Å². The minimum absolute atomic E-state index is 0.0716. The Labute approximate surface area is 119 Å². The zero-order valence-corrected chi connectivity index (χ0v) is 11.6. The van der Waals surface area contributed by atoms with Gasteiger partial charge in [0.1, 0.15) is 11.8 Å². The van der Waals surface area contributed by atoms with Gasteiger partial charge in [-0.25, -0.2) is 0 Å². The third-order valence-corrected chi connectivity index (χ3v) is 2.98. The minimum Gasteiger partial charge on any atom is -0.479 e. The summed E-state index contributed by atoms with van der Waals surface area (Å²) in [6.45, 7) is 4.13.